The third-order valence-corrected chi connectivity index (χ3v) is 11.6. The monoisotopic (exact) mass is 697 g/mol. The molecule has 4 nitrogen and oxygen atoms in total. The van der Waals surface area contributed by atoms with Crippen LogP contribution in [0.1, 0.15) is 66.2 Å². The van der Waals surface area contributed by atoms with Crippen LogP contribution >= 0.6 is 0 Å². The topological polar surface area (TPSA) is 51.4 Å². The van der Waals surface area contributed by atoms with Crippen molar-refractivity contribution in [3.8, 4) is 22.3 Å². The van der Waals surface area contributed by atoms with Crippen LogP contribution in [0.15, 0.2) is 169 Å². The van der Waals surface area contributed by atoms with Gasteiger partial charge < -0.3 is 10.6 Å². The lowest BCUT2D eigenvalue weighted by Gasteiger charge is -2.44. The fourth-order valence-electron chi connectivity index (χ4n) is 8.89. The minimum Gasteiger partial charge on any atom is -0.613 e. The lowest BCUT2D eigenvalue weighted by atomic mass is 9.70. The molecule has 0 saturated heterocycles. The molecule has 1 saturated carbocycles. The van der Waals surface area contributed by atoms with Crippen molar-refractivity contribution in [1.82, 2.24) is 10.3 Å². The molecule has 4 atom stereocenters. The van der Waals surface area contributed by atoms with Crippen LogP contribution in [0.3, 0.4) is 0 Å². The molecule has 1 N–H and O–H groups in total. The molecule has 2 heterocycles. The first kappa shape index (κ1) is 32.5. The molecule has 0 amide bonds. The van der Waals surface area contributed by atoms with Crippen LogP contribution < -0.4 is 15.8 Å². The van der Waals surface area contributed by atoms with Crippen molar-refractivity contribution in [1.29, 1.82) is 0 Å². The second kappa shape index (κ2) is 14.0. The number of rotatable bonds is 6. The minimum absolute atomic E-state index is 0.225. The average Bonchev–Trinajstić information content (AvgIpc) is 3.26. The van der Waals surface area contributed by atoms with Crippen LogP contribution in [0.4, 0.5) is 0 Å². The van der Waals surface area contributed by atoms with E-state index in [4.69, 9.17) is 10.3 Å². The number of nitrogens with zero attached hydrogens (tertiary/aromatic N) is 3. The predicted octanol–water partition coefficient (Wildman–Crippen LogP) is 10.6. The van der Waals surface area contributed by atoms with Crippen molar-refractivity contribution in [2.24, 2.45) is 10.9 Å². The van der Waals surface area contributed by atoms with E-state index in [0.29, 0.717) is 5.92 Å². The lowest BCUT2D eigenvalue weighted by molar-refractivity contribution is 0.472. The van der Waals surface area contributed by atoms with Crippen LogP contribution in [0, 0.1) is 5.92 Å². The summed E-state index contributed by atoms with van der Waals surface area (Å²) in [7, 11) is 0. The van der Waals surface area contributed by atoms with Gasteiger partial charge in [-0.25, -0.2) is 0 Å². The Morgan fingerprint density at radius 3 is 2.09 bits per heavy atom. The molecule has 1 fully saturated rings. The number of aliphatic imine (C=N–C) groups is 1. The first-order chi connectivity index (χ1) is 26.7. The van der Waals surface area contributed by atoms with E-state index in [1.807, 2.05) is 18.5 Å². The number of hydrogen-bond donors (Lipinski definition) is 1. The van der Waals surface area contributed by atoms with Crippen LogP contribution in [0.5, 0.6) is 0 Å². The summed E-state index contributed by atoms with van der Waals surface area (Å²) in [6.45, 7) is 0. The molecule has 7 aromatic rings. The lowest BCUT2D eigenvalue weighted by Crippen LogP contribution is -2.37. The third-order valence-electron chi connectivity index (χ3n) is 11.6. The molecule has 6 aromatic carbocycles. The van der Waals surface area contributed by atoms with Gasteiger partial charge in [-0.1, -0.05) is 152 Å². The summed E-state index contributed by atoms with van der Waals surface area (Å²) in [6, 6.07) is 54.9. The van der Waals surface area contributed by atoms with E-state index in [2.05, 4.69) is 162 Å². The first-order valence-electron chi connectivity index (χ1n) is 19.3. The van der Waals surface area contributed by atoms with E-state index in [0.717, 1.165) is 28.1 Å². The van der Waals surface area contributed by atoms with E-state index in [-0.39, 0.29) is 18.2 Å². The SMILES string of the molecule is C1=c2ccccc2=C2CCCCC2C1c1cc(-c2ccc3cc(-c4cccnc4)ccc3c2)cc(C2N=C(c3ccccc3)NC(c3ccccc3)[N-]2)c1. The molecule has 4 heteroatoms. The van der Waals surface area contributed by atoms with Gasteiger partial charge in [-0.2, -0.15) is 0 Å². The summed E-state index contributed by atoms with van der Waals surface area (Å²) < 4.78 is 0. The second-order valence-corrected chi connectivity index (χ2v) is 14.9. The van der Waals surface area contributed by atoms with Gasteiger partial charge in [-0.05, 0) is 110 Å². The molecule has 0 bridgehead atoms. The number of amidine groups is 1. The highest BCUT2D eigenvalue weighted by atomic mass is 15.3. The van der Waals surface area contributed by atoms with Crippen molar-refractivity contribution in [3.63, 3.8) is 0 Å². The fourth-order valence-corrected chi connectivity index (χ4v) is 8.89. The number of benzene rings is 6. The van der Waals surface area contributed by atoms with Crippen LogP contribution in [-0.4, -0.2) is 10.8 Å². The molecule has 0 spiro atoms. The molecular weight excluding hydrogens is 657 g/mol. The van der Waals surface area contributed by atoms with Crippen molar-refractivity contribution in [2.75, 3.05) is 0 Å². The van der Waals surface area contributed by atoms with E-state index in [1.165, 1.54) is 69.1 Å². The Balaban J connectivity index is 1.13. The summed E-state index contributed by atoms with van der Waals surface area (Å²) in [5, 5.41) is 14.3. The van der Waals surface area contributed by atoms with Crippen molar-refractivity contribution in [2.45, 2.75) is 43.9 Å². The summed E-state index contributed by atoms with van der Waals surface area (Å²) in [4.78, 5) is 9.69. The van der Waals surface area contributed by atoms with E-state index < -0.39 is 0 Å². The number of pyridine rings is 1. The smallest absolute Gasteiger partial charge is 0.126 e. The van der Waals surface area contributed by atoms with Gasteiger partial charge in [0.1, 0.15) is 5.84 Å². The van der Waals surface area contributed by atoms with Gasteiger partial charge in [0.2, 0.25) is 0 Å². The highest BCUT2D eigenvalue weighted by Gasteiger charge is 2.31. The van der Waals surface area contributed by atoms with Gasteiger partial charge in [-0.15, -0.1) is 0 Å². The maximum atomic E-state index is 5.41. The van der Waals surface area contributed by atoms with Gasteiger partial charge in [0, 0.05) is 29.4 Å². The first-order valence-corrected chi connectivity index (χ1v) is 19.3. The van der Waals surface area contributed by atoms with E-state index in [1.54, 1.807) is 5.57 Å². The zero-order valence-electron chi connectivity index (χ0n) is 30.1. The highest BCUT2D eigenvalue weighted by Crippen LogP contribution is 2.45. The predicted molar refractivity (Wildman–Crippen MR) is 222 cm³/mol. The molecule has 0 radical (unpaired) electrons. The third kappa shape index (κ3) is 6.23. The summed E-state index contributed by atoms with van der Waals surface area (Å²) in [5.41, 5.74) is 11.0. The standard InChI is InChI=1S/C50H41N4/c1-3-12-33(13-4-1)48-52-49(34-14-5-2-6-15-34)54-50(53-48)43-29-41(38-24-22-35-26-37(23-21-36(35)27-38)40-17-11-25-51-32-40)28-42(30-43)47-31-39-16-7-8-18-44(39)45-19-9-10-20-46(45)47/h1-8,11-18,21-32,46-48,50H,9-10,19-20H2,(H,52,54)/q-1. The van der Waals surface area contributed by atoms with Gasteiger partial charge in [0.05, 0.1) is 0 Å². The Labute approximate surface area is 316 Å². The van der Waals surface area contributed by atoms with Crippen LogP contribution in [-0.2, 0) is 0 Å². The Morgan fingerprint density at radius 1 is 0.574 bits per heavy atom. The molecule has 2 aliphatic carbocycles. The molecule has 4 unspecified atom stereocenters. The minimum atomic E-state index is -0.376. The van der Waals surface area contributed by atoms with Gasteiger partial charge in [-0.3, -0.25) is 9.98 Å². The molecule has 10 rings (SSSR count). The fraction of sp³-hybridized carbons (Fsp3) is 0.160. The van der Waals surface area contributed by atoms with E-state index in [9.17, 15) is 0 Å². The van der Waals surface area contributed by atoms with Crippen LogP contribution in [0.2, 0.25) is 0 Å². The Hall–Kier alpha value is -6.10. The number of fused-ring (bicyclic) bond motifs is 3. The average molecular weight is 698 g/mol. The summed E-state index contributed by atoms with van der Waals surface area (Å²) in [6.07, 6.45) is 10.6. The molecule has 1 aliphatic heterocycles. The van der Waals surface area contributed by atoms with Crippen molar-refractivity contribution in [3.05, 3.63) is 202 Å². The maximum absolute atomic E-state index is 5.41. The van der Waals surface area contributed by atoms with Gasteiger partial charge in [0.15, 0.2) is 0 Å². The zero-order chi connectivity index (χ0) is 35.8. The van der Waals surface area contributed by atoms with Gasteiger partial charge in [0.25, 0.3) is 0 Å². The zero-order valence-corrected chi connectivity index (χ0v) is 30.1. The summed E-state index contributed by atoms with van der Waals surface area (Å²) >= 11 is 0. The number of nitrogens with one attached hydrogen (secondary N) is 1. The Kier molecular flexibility index (Phi) is 8.46. The largest absolute Gasteiger partial charge is 0.613 e. The van der Waals surface area contributed by atoms with Gasteiger partial charge >= 0.3 is 0 Å². The molecule has 1 aromatic heterocycles. The molecule has 3 aliphatic rings. The second-order valence-electron chi connectivity index (χ2n) is 14.9. The molecule has 54 heavy (non-hydrogen) atoms. The Bertz CT molecular complexity index is 2630. The quantitative estimate of drug-likeness (QED) is 0.188. The summed E-state index contributed by atoms with van der Waals surface area (Å²) in [5.74, 6) is 1.64. The Morgan fingerprint density at radius 2 is 1.30 bits per heavy atom. The van der Waals surface area contributed by atoms with Crippen molar-refractivity contribution < 1.29 is 0 Å². The van der Waals surface area contributed by atoms with E-state index >= 15 is 0 Å². The number of hydrogen-bond acceptors (Lipinski definition) is 3. The van der Waals surface area contributed by atoms with Crippen LogP contribution in [0.25, 0.3) is 50.0 Å². The normalized spacial score (nSPS) is 20.6. The molecule has 262 valence electrons. The number of aromatic nitrogens is 1. The highest BCUT2D eigenvalue weighted by molar-refractivity contribution is 6.00. The van der Waals surface area contributed by atoms with Crippen molar-refractivity contribution >= 4 is 28.3 Å². The maximum Gasteiger partial charge on any atom is 0.126 e. The molecular formula is C50H41N4-.